The number of hydrogen-bond acceptors (Lipinski definition) is 1. The lowest BCUT2D eigenvalue weighted by Crippen LogP contribution is -2.00. The van der Waals surface area contributed by atoms with Crippen LogP contribution < -0.4 is 0 Å². The Morgan fingerprint density at radius 3 is 2.62 bits per heavy atom. The number of hydrogen-bond donors (Lipinski definition) is 2. The van der Waals surface area contributed by atoms with E-state index in [0.717, 1.165) is 34.0 Å². The molecule has 2 rings (SSSR count). The SMILES string of the molecule is CCc1c(C(=O)O)[nH]c2c(C)cc(C)cc12. The van der Waals surface area contributed by atoms with Gasteiger partial charge in [-0.1, -0.05) is 18.6 Å². The summed E-state index contributed by atoms with van der Waals surface area (Å²) in [4.78, 5) is 14.1. The summed E-state index contributed by atoms with van der Waals surface area (Å²) >= 11 is 0. The standard InChI is InChI=1S/C13H15NO2/c1-4-9-10-6-7(2)5-8(3)11(10)14-12(9)13(15)16/h5-6,14H,4H2,1-3H3,(H,15,16). The Balaban J connectivity index is 2.87. The van der Waals surface area contributed by atoms with Gasteiger partial charge in [0.05, 0.1) is 0 Å². The Labute approximate surface area is 94.1 Å². The molecule has 0 amide bonds. The molecule has 3 nitrogen and oxygen atoms in total. The zero-order chi connectivity index (χ0) is 11.9. The second-order valence-corrected chi connectivity index (χ2v) is 4.14. The van der Waals surface area contributed by atoms with Gasteiger partial charge in [0.1, 0.15) is 5.69 Å². The first kappa shape index (κ1) is 10.7. The molecule has 0 saturated carbocycles. The van der Waals surface area contributed by atoms with Crippen LogP contribution in [0.2, 0.25) is 0 Å². The lowest BCUT2D eigenvalue weighted by Gasteiger charge is -2.00. The van der Waals surface area contributed by atoms with E-state index in [9.17, 15) is 4.79 Å². The van der Waals surface area contributed by atoms with Crippen LogP contribution in [0.4, 0.5) is 0 Å². The number of rotatable bonds is 2. The minimum atomic E-state index is -0.884. The molecular formula is C13H15NO2. The highest BCUT2D eigenvalue weighted by Gasteiger charge is 2.16. The summed E-state index contributed by atoms with van der Waals surface area (Å²) in [5.74, 6) is -0.884. The number of aryl methyl sites for hydroxylation is 3. The zero-order valence-corrected chi connectivity index (χ0v) is 9.72. The van der Waals surface area contributed by atoms with E-state index in [1.165, 1.54) is 0 Å². The van der Waals surface area contributed by atoms with Crippen LogP contribution >= 0.6 is 0 Å². The van der Waals surface area contributed by atoms with Crippen molar-refractivity contribution in [3.63, 3.8) is 0 Å². The third-order valence-corrected chi connectivity index (χ3v) is 2.92. The fourth-order valence-electron chi connectivity index (χ4n) is 2.26. The van der Waals surface area contributed by atoms with Crippen LogP contribution in [0.25, 0.3) is 10.9 Å². The second-order valence-electron chi connectivity index (χ2n) is 4.14. The number of nitrogens with one attached hydrogen (secondary N) is 1. The Hall–Kier alpha value is -1.77. The van der Waals surface area contributed by atoms with E-state index in [0.29, 0.717) is 5.69 Å². The van der Waals surface area contributed by atoms with Crippen molar-refractivity contribution in [3.8, 4) is 0 Å². The first-order chi connectivity index (χ1) is 7.54. The molecule has 2 N–H and O–H groups in total. The van der Waals surface area contributed by atoms with Crippen LogP contribution in [0.5, 0.6) is 0 Å². The Morgan fingerprint density at radius 1 is 1.38 bits per heavy atom. The van der Waals surface area contributed by atoms with Gasteiger partial charge in [-0.15, -0.1) is 0 Å². The molecule has 1 heterocycles. The van der Waals surface area contributed by atoms with Crippen molar-refractivity contribution in [2.75, 3.05) is 0 Å². The summed E-state index contributed by atoms with van der Waals surface area (Å²) in [6.07, 6.45) is 0.727. The van der Waals surface area contributed by atoms with Crippen molar-refractivity contribution in [3.05, 3.63) is 34.5 Å². The molecule has 0 aliphatic rings. The normalized spacial score (nSPS) is 10.9. The third-order valence-electron chi connectivity index (χ3n) is 2.92. The van der Waals surface area contributed by atoms with Crippen molar-refractivity contribution in [2.45, 2.75) is 27.2 Å². The highest BCUT2D eigenvalue weighted by Crippen LogP contribution is 2.27. The summed E-state index contributed by atoms with van der Waals surface area (Å²) in [5, 5.41) is 10.2. The molecule has 2 aromatic rings. The molecule has 0 bridgehead atoms. The van der Waals surface area contributed by atoms with Crippen molar-refractivity contribution >= 4 is 16.9 Å². The van der Waals surface area contributed by atoms with Gasteiger partial charge >= 0.3 is 5.97 Å². The molecule has 0 aliphatic carbocycles. The van der Waals surface area contributed by atoms with Gasteiger partial charge in [-0.25, -0.2) is 4.79 Å². The van der Waals surface area contributed by atoms with Gasteiger partial charge in [-0.3, -0.25) is 0 Å². The number of fused-ring (bicyclic) bond motifs is 1. The van der Waals surface area contributed by atoms with Crippen molar-refractivity contribution in [2.24, 2.45) is 0 Å². The number of carboxylic acids is 1. The number of carbonyl (C=O) groups is 1. The first-order valence-corrected chi connectivity index (χ1v) is 5.39. The summed E-state index contributed by atoms with van der Waals surface area (Å²) in [6.45, 7) is 6.00. The van der Waals surface area contributed by atoms with Gasteiger partial charge in [0.25, 0.3) is 0 Å². The average molecular weight is 217 g/mol. The first-order valence-electron chi connectivity index (χ1n) is 5.39. The van der Waals surface area contributed by atoms with E-state index in [-0.39, 0.29) is 0 Å². The smallest absolute Gasteiger partial charge is 0.352 e. The lowest BCUT2D eigenvalue weighted by molar-refractivity contribution is 0.0690. The summed E-state index contributed by atoms with van der Waals surface area (Å²) < 4.78 is 0. The molecule has 0 unspecified atom stereocenters. The molecule has 0 saturated heterocycles. The van der Waals surface area contributed by atoms with E-state index >= 15 is 0 Å². The quantitative estimate of drug-likeness (QED) is 0.812. The molecule has 1 aromatic carbocycles. The minimum Gasteiger partial charge on any atom is -0.477 e. The molecule has 0 radical (unpaired) electrons. The molecule has 0 aliphatic heterocycles. The number of aromatic amines is 1. The summed E-state index contributed by atoms with van der Waals surface area (Å²) in [6, 6.07) is 4.11. The van der Waals surface area contributed by atoms with Crippen LogP contribution in [-0.2, 0) is 6.42 Å². The fourth-order valence-corrected chi connectivity index (χ4v) is 2.26. The minimum absolute atomic E-state index is 0.325. The Bertz CT molecular complexity index is 567. The highest BCUT2D eigenvalue weighted by molar-refractivity contribution is 5.98. The summed E-state index contributed by atoms with van der Waals surface area (Å²) in [7, 11) is 0. The molecule has 84 valence electrons. The topological polar surface area (TPSA) is 53.1 Å². The predicted octanol–water partition coefficient (Wildman–Crippen LogP) is 3.05. The molecule has 0 fully saturated rings. The van der Waals surface area contributed by atoms with E-state index in [1.54, 1.807) is 0 Å². The largest absolute Gasteiger partial charge is 0.477 e. The van der Waals surface area contributed by atoms with E-state index in [4.69, 9.17) is 5.11 Å². The van der Waals surface area contributed by atoms with Crippen molar-refractivity contribution in [1.82, 2.24) is 4.98 Å². The fraction of sp³-hybridized carbons (Fsp3) is 0.308. The van der Waals surface area contributed by atoms with Gasteiger partial charge in [0.15, 0.2) is 0 Å². The van der Waals surface area contributed by atoms with E-state index in [2.05, 4.69) is 11.1 Å². The molecule has 0 spiro atoms. The highest BCUT2D eigenvalue weighted by atomic mass is 16.4. The maximum Gasteiger partial charge on any atom is 0.352 e. The number of aromatic nitrogens is 1. The molecular weight excluding hydrogens is 202 g/mol. The summed E-state index contributed by atoms with van der Waals surface area (Å²) in [5.41, 5.74) is 4.42. The predicted molar refractivity (Wildman–Crippen MR) is 64.1 cm³/mol. The number of aromatic carboxylic acids is 1. The van der Waals surface area contributed by atoms with Crippen LogP contribution in [0.15, 0.2) is 12.1 Å². The number of H-pyrrole nitrogens is 1. The third kappa shape index (κ3) is 1.48. The van der Waals surface area contributed by atoms with Crippen LogP contribution in [-0.4, -0.2) is 16.1 Å². The monoisotopic (exact) mass is 217 g/mol. The van der Waals surface area contributed by atoms with Crippen molar-refractivity contribution in [1.29, 1.82) is 0 Å². The molecule has 1 aromatic heterocycles. The van der Waals surface area contributed by atoms with Crippen LogP contribution in [0.1, 0.15) is 34.1 Å². The Morgan fingerprint density at radius 2 is 2.06 bits per heavy atom. The van der Waals surface area contributed by atoms with Crippen molar-refractivity contribution < 1.29 is 9.90 Å². The lowest BCUT2D eigenvalue weighted by atomic mass is 10.0. The zero-order valence-electron chi connectivity index (χ0n) is 9.72. The maximum atomic E-state index is 11.1. The average Bonchev–Trinajstić information content (AvgIpc) is 2.56. The second kappa shape index (κ2) is 3.67. The van der Waals surface area contributed by atoms with Gasteiger partial charge in [0.2, 0.25) is 0 Å². The Kier molecular flexibility index (Phi) is 2.46. The van der Waals surface area contributed by atoms with Gasteiger partial charge in [-0.2, -0.15) is 0 Å². The maximum absolute atomic E-state index is 11.1. The molecule has 3 heteroatoms. The van der Waals surface area contributed by atoms with E-state index in [1.807, 2.05) is 26.8 Å². The number of benzene rings is 1. The van der Waals surface area contributed by atoms with E-state index < -0.39 is 5.97 Å². The molecule has 16 heavy (non-hydrogen) atoms. The van der Waals surface area contributed by atoms with Gasteiger partial charge < -0.3 is 10.1 Å². The van der Waals surface area contributed by atoms with Crippen LogP contribution in [0.3, 0.4) is 0 Å². The van der Waals surface area contributed by atoms with Gasteiger partial charge in [-0.05, 0) is 37.5 Å². The van der Waals surface area contributed by atoms with Gasteiger partial charge in [0, 0.05) is 10.9 Å². The molecule has 0 atom stereocenters. The van der Waals surface area contributed by atoms with Crippen LogP contribution in [0, 0.1) is 13.8 Å². The number of carboxylic acid groups (broad SMARTS) is 1.